The van der Waals surface area contributed by atoms with Crippen molar-refractivity contribution in [2.45, 2.75) is 13.0 Å². The van der Waals surface area contributed by atoms with Crippen LogP contribution < -0.4 is 10.1 Å². The number of ether oxygens (including phenoxy) is 1. The van der Waals surface area contributed by atoms with Crippen molar-refractivity contribution in [1.82, 2.24) is 10.2 Å². The average Bonchev–Trinajstić information content (AvgIpc) is 2.38. The Balaban J connectivity index is 2.27. The summed E-state index contributed by atoms with van der Waals surface area (Å²) in [6.45, 7) is 4.47. The van der Waals surface area contributed by atoms with Crippen molar-refractivity contribution in [1.29, 1.82) is 0 Å². The molecule has 0 bridgehead atoms. The lowest BCUT2D eigenvalue weighted by atomic mass is 10.1. The molecule has 98 valence electrons. The zero-order valence-electron chi connectivity index (χ0n) is 10.6. The van der Waals surface area contributed by atoms with Crippen LogP contribution in [0.2, 0.25) is 0 Å². The second kappa shape index (κ2) is 5.71. The number of hydrogen-bond donors (Lipinski definition) is 1. The maximum Gasteiger partial charge on any atom is 0.257 e. The average molecular weight is 313 g/mol. The Bertz CT molecular complexity index is 451. The molecule has 18 heavy (non-hydrogen) atoms. The third kappa shape index (κ3) is 2.67. The summed E-state index contributed by atoms with van der Waals surface area (Å²) >= 11 is 3.38. The van der Waals surface area contributed by atoms with Gasteiger partial charge in [0.1, 0.15) is 5.75 Å². The van der Waals surface area contributed by atoms with Gasteiger partial charge in [0.05, 0.1) is 12.7 Å². The van der Waals surface area contributed by atoms with E-state index in [2.05, 4.69) is 28.2 Å². The molecule has 2 rings (SSSR count). The molecule has 1 aliphatic rings. The fraction of sp³-hybridized carbons (Fsp3) is 0.462. The Morgan fingerprint density at radius 3 is 3.00 bits per heavy atom. The van der Waals surface area contributed by atoms with Crippen molar-refractivity contribution in [3.8, 4) is 5.75 Å². The van der Waals surface area contributed by atoms with Gasteiger partial charge in [-0.15, -0.1) is 0 Å². The highest BCUT2D eigenvalue weighted by Gasteiger charge is 2.26. The molecule has 1 unspecified atom stereocenters. The fourth-order valence-electron chi connectivity index (χ4n) is 2.14. The van der Waals surface area contributed by atoms with Crippen LogP contribution in [-0.2, 0) is 0 Å². The van der Waals surface area contributed by atoms with Crippen LogP contribution in [0.25, 0.3) is 0 Å². The van der Waals surface area contributed by atoms with Gasteiger partial charge < -0.3 is 15.0 Å². The highest BCUT2D eigenvalue weighted by Crippen LogP contribution is 2.25. The first-order valence-corrected chi connectivity index (χ1v) is 6.78. The minimum atomic E-state index is 0.0355. The van der Waals surface area contributed by atoms with E-state index in [1.165, 1.54) is 0 Å². The van der Waals surface area contributed by atoms with Crippen LogP contribution in [-0.4, -0.2) is 43.6 Å². The number of hydrogen-bond acceptors (Lipinski definition) is 3. The van der Waals surface area contributed by atoms with Crippen LogP contribution in [0.3, 0.4) is 0 Å². The molecule has 1 saturated heterocycles. The van der Waals surface area contributed by atoms with Gasteiger partial charge in [0.15, 0.2) is 0 Å². The van der Waals surface area contributed by atoms with Gasteiger partial charge in [0.2, 0.25) is 0 Å². The van der Waals surface area contributed by atoms with Crippen molar-refractivity contribution in [2.24, 2.45) is 0 Å². The maximum absolute atomic E-state index is 12.5. The number of rotatable bonds is 2. The first kappa shape index (κ1) is 13.4. The summed E-state index contributed by atoms with van der Waals surface area (Å²) in [4.78, 5) is 14.4. The van der Waals surface area contributed by atoms with Crippen LogP contribution >= 0.6 is 15.9 Å². The van der Waals surface area contributed by atoms with E-state index >= 15 is 0 Å². The molecule has 5 heteroatoms. The molecular formula is C13H17BrN2O2. The van der Waals surface area contributed by atoms with Crippen molar-refractivity contribution in [2.75, 3.05) is 26.7 Å². The van der Waals surface area contributed by atoms with Crippen LogP contribution in [0.4, 0.5) is 0 Å². The second-order valence-corrected chi connectivity index (χ2v) is 5.31. The molecule has 1 aliphatic heterocycles. The Hall–Kier alpha value is -1.07. The Morgan fingerprint density at radius 1 is 1.56 bits per heavy atom. The number of carbonyl (C=O) groups is 1. The summed E-state index contributed by atoms with van der Waals surface area (Å²) < 4.78 is 6.19. The molecule has 0 aromatic heterocycles. The van der Waals surface area contributed by atoms with Crippen LogP contribution in [0.15, 0.2) is 22.7 Å². The molecular weight excluding hydrogens is 296 g/mol. The van der Waals surface area contributed by atoms with Gasteiger partial charge in [-0.05, 0) is 25.1 Å². The number of methoxy groups -OCH3 is 1. The van der Waals surface area contributed by atoms with E-state index in [-0.39, 0.29) is 11.9 Å². The van der Waals surface area contributed by atoms with Crippen LogP contribution in [0, 0.1) is 0 Å². The first-order chi connectivity index (χ1) is 8.63. The SMILES string of the molecule is COc1cc(Br)ccc1C(=O)N1CCNCC1C. The number of nitrogens with zero attached hydrogens (tertiary/aromatic N) is 1. The van der Waals surface area contributed by atoms with Crippen molar-refractivity contribution < 1.29 is 9.53 Å². The summed E-state index contributed by atoms with van der Waals surface area (Å²) in [5, 5.41) is 3.28. The van der Waals surface area contributed by atoms with Gasteiger partial charge in [-0.25, -0.2) is 0 Å². The largest absolute Gasteiger partial charge is 0.496 e. The first-order valence-electron chi connectivity index (χ1n) is 5.98. The molecule has 0 spiro atoms. The van der Waals surface area contributed by atoms with Crippen LogP contribution in [0.1, 0.15) is 17.3 Å². The molecule has 0 saturated carbocycles. The van der Waals surface area contributed by atoms with E-state index in [0.717, 1.165) is 24.1 Å². The van der Waals surface area contributed by atoms with Gasteiger partial charge in [-0.2, -0.15) is 0 Å². The lowest BCUT2D eigenvalue weighted by molar-refractivity contribution is 0.0652. The third-order valence-electron chi connectivity index (χ3n) is 3.16. The standard InChI is InChI=1S/C13H17BrN2O2/c1-9-8-15-5-6-16(9)13(17)11-4-3-10(14)7-12(11)18-2/h3-4,7,9,15H,5-6,8H2,1-2H3. The van der Waals surface area contributed by atoms with E-state index in [4.69, 9.17) is 4.74 Å². The number of benzene rings is 1. The van der Waals surface area contributed by atoms with Crippen molar-refractivity contribution >= 4 is 21.8 Å². The van der Waals surface area contributed by atoms with E-state index < -0.39 is 0 Å². The molecule has 0 aliphatic carbocycles. The Morgan fingerprint density at radius 2 is 2.33 bits per heavy atom. The number of halogens is 1. The van der Waals surface area contributed by atoms with E-state index in [1.54, 1.807) is 13.2 Å². The minimum Gasteiger partial charge on any atom is -0.496 e. The molecule has 1 fully saturated rings. The molecule has 1 aromatic carbocycles. The topological polar surface area (TPSA) is 41.6 Å². The lowest BCUT2D eigenvalue weighted by Crippen LogP contribution is -2.52. The normalized spacial score (nSPS) is 19.7. The number of piperazine rings is 1. The zero-order valence-corrected chi connectivity index (χ0v) is 12.2. The van der Waals surface area contributed by atoms with Crippen molar-refractivity contribution in [3.63, 3.8) is 0 Å². The van der Waals surface area contributed by atoms with Gasteiger partial charge in [-0.1, -0.05) is 15.9 Å². The summed E-state index contributed by atoms with van der Waals surface area (Å²) in [6.07, 6.45) is 0. The van der Waals surface area contributed by atoms with Crippen LogP contribution in [0.5, 0.6) is 5.75 Å². The number of nitrogens with one attached hydrogen (secondary N) is 1. The van der Waals surface area contributed by atoms with E-state index in [0.29, 0.717) is 11.3 Å². The predicted octanol–water partition coefficient (Wildman–Crippen LogP) is 1.89. The summed E-state index contributed by atoms with van der Waals surface area (Å²) in [5.74, 6) is 0.647. The van der Waals surface area contributed by atoms with E-state index in [1.807, 2.05) is 17.0 Å². The molecule has 1 atom stereocenters. The highest BCUT2D eigenvalue weighted by atomic mass is 79.9. The second-order valence-electron chi connectivity index (χ2n) is 4.40. The van der Waals surface area contributed by atoms with Gasteiger partial charge in [0.25, 0.3) is 5.91 Å². The van der Waals surface area contributed by atoms with Gasteiger partial charge in [0, 0.05) is 30.1 Å². The monoisotopic (exact) mass is 312 g/mol. The molecule has 1 heterocycles. The maximum atomic E-state index is 12.5. The quantitative estimate of drug-likeness (QED) is 0.907. The smallest absolute Gasteiger partial charge is 0.257 e. The summed E-state index contributed by atoms with van der Waals surface area (Å²) in [5.41, 5.74) is 0.620. The molecule has 1 amide bonds. The Labute approximate surface area is 115 Å². The molecule has 0 radical (unpaired) electrons. The fourth-order valence-corrected chi connectivity index (χ4v) is 2.48. The van der Waals surface area contributed by atoms with E-state index in [9.17, 15) is 4.79 Å². The van der Waals surface area contributed by atoms with Gasteiger partial charge in [-0.3, -0.25) is 4.79 Å². The summed E-state index contributed by atoms with van der Waals surface area (Å²) in [7, 11) is 1.58. The molecule has 4 nitrogen and oxygen atoms in total. The molecule has 1 N–H and O–H groups in total. The van der Waals surface area contributed by atoms with Crippen molar-refractivity contribution in [3.05, 3.63) is 28.2 Å². The lowest BCUT2D eigenvalue weighted by Gasteiger charge is -2.34. The number of amides is 1. The minimum absolute atomic E-state index is 0.0355. The number of carbonyl (C=O) groups excluding carboxylic acids is 1. The zero-order chi connectivity index (χ0) is 13.1. The summed E-state index contributed by atoms with van der Waals surface area (Å²) in [6, 6.07) is 5.70. The van der Waals surface area contributed by atoms with Gasteiger partial charge >= 0.3 is 0 Å². The molecule has 1 aromatic rings. The predicted molar refractivity (Wildman–Crippen MR) is 74.1 cm³/mol. The third-order valence-corrected chi connectivity index (χ3v) is 3.65. The highest BCUT2D eigenvalue weighted by molar-refractivity contribution is 9.10. The Kier molecular flexibility index (Phi) is 4.24.